The zero-order valence-electron chi connectivity index (χ0n) is 16.8. The molecule has 1 unspecified atom stereocenters. The van der Waals surface area contributed by atoms with Crippen molar-refractivity contribution in [2.45, 2.75) is 32.7 Å². The van der Waals surface area contributed by atoms with E-state index in [9.17, 15) is 9.18 Å². The van der Waals surface area contributed by atoms with E-state index in [0.29, 0.717) is 35.3 Å². The fourth-order valence-corrected chi connectivity index (χ4v) is 4.10. The molecule has 1 saturated heterocycles. The van der Waals surface area contributed by atoms with Crippen molar-refractivity contribution in [1.82, 2.24) is 24.6 Å². The van der Waals surface area contributed by atoms with Crippen molar-refractivity contribution in [3.8, 4) is 11.5 Å². The van der Waals surface area contributed by atoms with E-state index in [-0.39, 0.29) is 11.7 Å². The summed E-state index contributed by atoms with van der Waals surface area (Å²) >= 11 is 0. The normalized spacial score (nSPS) is 17.0. The Kier molecular flexibility index (Phi) is 5.49. The summed E-state index contributed by atoms with van der Waals surface area (Å²) in [5.74, 6) is 0.202. The number of benzene rings is 1. The number of aromatic nitrogens is 3. The van der Waals surface area contributed by atoms with Crippen molar-refractivity contribution in [2.75, 3.05) is 19.6 Å². The third-order valence-electron chi connectivity index (χ3n) is 5.59. The van der Waals surface area contributed by atoms with Gasteiger partial charge in [-0.05, 0) is 69.3 Å². The van der Waals surface area contributed by atoms with E-state index in [2.05, 4.69) is 22.2 Å². The number of rotatable bonds is 6. The number of likely N-dealkylation sites (N-methyl/N-ethyl adjacent to an activating group) is 1. The van der Waals surface area contributed by atoms with Gasteiger partial charge in [0.25, 0.3) is 5.91 Å². The van der Waals surface area contributed by atoms with Crippen LogP contribution in [0.25, 0.3) is 11.5 Å². The van der Waals surface area contributed by atoms with Gasteiger partial charge in [-0.25, -0.2) is 9.07 Å². The molecule has 1 aromatic carbocycles. The highest BCUT2D eigenvalue weighted by atomic mass is 19.1. The maximum atomic E-state index is 13.4. The molecule has 29 heavy (non-hydrogen) atoms. The number of nitrogens with one attached hydrogen (secondary N) is 1. The zero-order chi connectivity index (χ0) is 20.4. The lowest BCUT2D eigenvalue weighted by molar-refractivity contribution is 0.0940. The molecule has 0 saturated carbocycles. The summed E-state index contributed by atoms with van der Waals surface area (Å²) in [4.78, 5) is 15.6. The van der Waals surface area contributed by atoms with E-state index in [0.717, 1.165) is 19.5 Å². The van der Waals surface area contributed by atoms with E-state index in [1.54, 1.807) is 16.8 Å². The maximum Gasteiger partial charge on any atom is 0.257 e. The Bertz CT molecular complexity index is 978. The second kappa shape index (κ2) is 8.21. The molecule has 7 heteroatoms. The largest absolute Gasteiger partial charge is 0.350 e. The number of halogens is 1. The summed E-state index contributed by atoms with van der Waals surface area (Å²) in [5, 5.41) is 7.72. The van der Waals surface area contributed by atoms with Crippen LogP contribution in [0.5, 0.6) is 0 Å². The maximum absolute atomic E-state index is 13.4. The van der Waals surface area contributed by atoms with Crippen molar-refractivity contribution < 1.29 is 9.18 Å². The van der Waals surface area contributed by atoms with E-state index in [1.165, 1.54) is 18.6 Å². The standard InChI is InChI=1S/C22H26FN5O/c1-3-26-14-6-7-19(26)15-24-21(29)20-16(2)25-28(18-10-8-17(23)9-11-18)22(20)27-12-4-5-13-27/h4-5,8-13,19H,3,6-7,14-15H2,1-2H3,(H,24,29). The minimum Gasteiger partial charge on any atom is -0.350 e. The first-order chi connectivity index (χ1) is 14.1. The van der Waals surface area contributed by atoms with Gasteiger partial charge in [0.15, 0.2) is 5.82 Å². The third kappa shape index (κ3) is 3.82. The van der Waals surface area contributed by atoms with Crippen LogP contribution in [0, 0.1) is 12.7 Å². The summed E-state index contributed by atoms with van der Waals surface area (Å²) in [7, 11) is 0. The fourth-order valence-electron chi connectivity index (χ4n) is 4.10. The SMILES string of the molecule is CCN1CCCC1CNC(=O)c1c(C)nn(-c2ccc(F)cc2)c1-n1cccc1. The summed E-state index contributed by atoms with van der Waals surface area (Å²) in [6, 6.07) is 10.3. The van der Waals surface area contributed by atoms with Crippen LogP contribution in [-0.4, -0.2) is 50.8 Å². The fraction of sp³-hybridized carbons (Fsp3) is 0.364. The van der Waals surface area contributed by atoms with Crippen LogP contribution in [0.1, 0.15) is 35.8 Å². The van der Waals surface area contributed by atoms with Crippen molar-refractivity contribution in [3.63, 3.8) is 0 Å². The lowest BCUT2D eigenvalue weighted by Gasteiger charge is -2.23. The Morgan fingerprint density at radius 2 is 1.97 bits per heavy atom. The zero-order valence-corrected chi connectivity index (χ0v) is 16.8. The number of aryl methyl sites for hydroxylation is 1. The molecular formula is C22H26FN5O. The molecule has 1 atom stereocenters. The quantitative estimate of drug-likeness (QED) is 0.697. The smallest absolute Gasteiger partial charge is 0.257 e. The topological polar surface area (TPSA) is 55.1 Å². The van der Waals surface area contributed by atoms with Gasteiger partial charge in [0, 0.05) is 25.0 Å². The van der Waals surface area contributed by atoms with Crippen LogP contribution < -0.4 is 5.32 Å². The molecular weight excluding hydrogens is 369 g/mol. The molecule has 3 aromatic rings. The van der Waals surface area contributed by atoms with E-state index in [4.69, 9.17) is 0 Å². The van der Waals surface area contributed by atoms with Gasteiger partial charge in [0.2, 0.25) is 0 Å². The van der Waals surface area contributed by atoms with Crippen LogP contribution in [0.15, 0.2) is 48.8 Å². The summed E-state index contributed by atoms with van der Waals surface area (Å²) in [5.41, 5.74) is 1.87. The first-order valence-corrected chi connectivity index (χ1v) is 10.1. The minimum absolute atomic E-state index is 0.137. The number of carbonyl (C=O) groups is 1. The Morgan fingerprint density at radius 1 is 1.24 bits per heavy atom. The highest BCUT2D eigenvalue weighted by Crippen LogP contribution is 2.24. The van der Waals surface area contributed by atoms with Crippen LogP contribution in [-0.2, 0) is 0 Å². The average Bonchev–Trinajstić information content (AvgIpc) is 3.46. The van der Waals surface area contributed by atoms with Gasteiger partial charge in [-0.3, -0.25) is 9.69 Å². The molecule has 1 aliphatic heterocycles. The third-order valence-corrected chi connectivity index (χ3v) is 5.59. The highest BCUT2D eigenvalue weighted by Gasteiger charge is 2.27. The number of hydrogen-bond donors (Lipinski definition) is 1. The molecule has 1 aliphatic rings. The second-order valence-electron chi connectivity index (χ2n) is 7.40. The monoisotopic (exact) mass is 395 g/mol. The second-order valence-corrected chi connectivity index (χ2v) is 7.40. The molecule has 0 bridgehead atoms. The van der Waals surface area contributed by atoms with Crippen LogP contribution in [0.4, 0.5) is 4.39 Å². The summed E-state index contributed by atoms with van der Waals surface area (Å²) < 4.78 is 17.0. The lowest BCUT2D eigenvalue weighted by Crippen LogP contribution is -2.40. The molecule has 1 fully saturated rings. The van der Waals surface area contributed by atoms with Gasteiger partial charge < -0.3 is 9.88 Å². The van der Waals surface area contributed by atoms with Gasteiger partial charge in [-0.2, -0.15) is 5.10 Å². The number of likely N-dealkylation sites (tertiary alicyclic amines) is 1. The van der Waals surface area contributed by atoms with E-state index < -0.39 is 0 Å². The Labute approximate surface area is 169 Å². The van der Waals surface area contributed by atoms with Crippen LogP contribution in [0.2, 0.25) is 0 Å². The van der Waals surface area contributed by atoms with Crippen LogP contribution in [0.3, 0.4) is 0 Å². The highest BCUT2D eigenvalue weighted by molar-refractivity contribution is 5.98. The summed E-state index contributed by atoms with van der Waals surface area (Å²) in [6.07, 6.45) is 6.03. The first-order valence-electron chi connectivity index (χ1n) is 10.1. The Hall–Kier alpha value is -2.93. The number of carbonyl (C=O) groups excluding carboxylic acids is 1. The molecule has 2 aromatic heterocycles. The molecule has 1 N–H and O–H groups in total. The van der Waals surface area contributed by atoms with Gasteiger partial charge in [0.1, 0.15) is 11.4 Å². The first kappa shape index (κ1) is 19.4. The molecule has 6 nitrogen and oxygen atoms in total. The van der Waals surface area contributed by atoms with E-state index in [1.807, 2.05) is 36.0 Å². The van der Waals surface area contributed by atoms with Crippen LogP contribution >= 0.6 is 0 Å². The van der Waals surface area contributed by atoms with Crippen molar-refractivity contribution in [1.29, 1.82) is 0 Å². The lowest BCUT2D eigenvalue weighted by atomic mass is 10.2. The van der Waals surface area contributed by atoms with Crippen molar-refractivity contribution in [2.24, 2.45) is 0 Å². The molecule has 0 aliphatic carbocycles. The molecule has 3 heterocycles. The molecule has 0 radical (unpaired) electrons. The molecule has 152 valence electrons. The molecule has 0 spiro atoms. The number of hydrogen-bond acceptors (Lipinski definition) is 3. The Balaban J connectivity index is 1.67. The predicted octanol–water partition coefficient (Wildman–Crippen LogP) is 3.32. The summed E-state index contributed by atoms with van der Waals surface area (Å²) in [6.45, 7) is 6.69. The van der Waals surface area contributed by atoms with Gasteiger partial charge >= 0.3 is 0 Å². The van der Waals surface area contributed by atoms with Gasteiger partial charge in [0.05, 0.1) is 11.4 Å². The number of nitrogens with zero attached hydrogens (tertiary/aromatic N) is 4. The predicted molar refractivity (Wildman–Crippen MR) is 110 cm³/mol. The number of amides is 1. The molecule has 4 rings (SSSR count). The van der Waals surface area contributed by atoms with Crippen molar-refractivity contribution >= 4 is 5.91 Å². The van der Waals surface area contributed by atoms with Crippen molar-refractivity contribution in [3.05, 3.63) is 65.9 Å². The van der Waals surface area contributed by atoms with Gasteiger partial charge in [-0.1, -0.05) is 6.92 Å². The van der Waals surface area contributed by atoms with E-state index >= 15 is 0 Å². The minimum atomic E-state index is -0.310. The molecule has 1 amide bonds. The van der Waals surface area contributed by atoms with Gasteiger partial charge in [-0.15, -0.1) is 0 Å². The average molecular weight is 395 g/mol. The Morgan fingerprint density at radius 3 is 2.66 bits per heavy atom.